The molecule has 0 radical (unpaired) electrons. The van der Waals surface area contributed by atoms with Crippen LogP contribution in [0.15, 0.2) is 30.0 Å². The number of hydroxylamine groups is 2. The standard InChI is InChI=1S/C11H16N2O3/c1-3-16-10-6-4-9(5-7-10)11(13-15)8(2)12-14/h4-7,12-15H,3H2,1-2H3/b11-8+. The molecule has 5 heteroatoms. The zero-order chi connectivity index (χ0) is 12.0. The SMILES string of the molecule is CCOc1ccc(/C(NO)=C(/C)NO)cc1. The van der Waals surface area contributed by atoms with Crippen LogP contribution in [0.25, 0.3) is 5.70 Å². The van der Waals surface area contributed by atoms with E-state index in [2.05, 4.69) is 0 Å². The first-order valence-electron chi connectivity index (χ1n) is 4.97. The number of allylic oxidation sites excluding steroid dienone is 1. The van der Waals surface area contributed by atoms with Crippen LogP contribution in [0.4, 0.5) is 0 Å². The van der Waals surface area contributed by atoms with Gasteiger partial charge in [0.1, 0.15) is 5.75 Å². The van der Waals surface area contributed by atoms with Crippen molar-refractivity contribution in [1.82, 2.24) is 11.0 Å². The zero-order valence-corrected chi connectivity index (χ0v) is 9.32. The second-order valence-electron chi connectivity index (χ2n) is 3.18. The van der Waals surface area contributed by atoms with E-state index in [1.54, 1.807) is 31.2 Å². The first-order valence-corrected chi connectivity index (χ1v) is 4.97. The molecular formula is C11H16N2O3. The molecule has 0 aliphatic carbocycles. The maximum atomic E-state index is 8.96. The molecule has 0 atom stereocenters. The fourth-order valence-electron chi connectivity index (χ4n) is 1.31. The molecule has 88 valence electrons. The van der Waals surface area contributed by atoms with Gasteiger partial charge in [0.05, 0.1) is 18.0 Å². The van der Waals surface area contributed by atoms with E-state index in [0.29, 0.717) is 18.0 Å². The van der Waals surface area contributed by atoms with Crippen LogP contribution in [0.3, 0.4) is 0 Å². The number of ether oxygens (including phenoxy) is 1. The summed E-state index contributed by atoms with van der Waals surface area (Å²) in [4.78, 5) is 0. The lowest BCUT2D eigenvalue weighted by Gasteiger charge is -2.10. The fourth-order valence-corrected chi connectivity index (χ4v) is 1.31. The largest absolute Gasteiger partial charge is 0.494 e. The van der Waals surface area contributed by atoms with Crippen LogP contribution in [0.1, 0.15) is 19.4 Å². The van der Waals surface area contributed by atoms with Crippen molar-refractivity contribution in [2.75, 3.05) is 6.61 Å². The molecule has 5 nitrogen and oxygen atoms in total. The maximum absolute atomic E-state index is 8.96. The van der Waals surface area contributed by atoms with Gasteiger partial charge < -0.3 is 4.74 Å². The summed E-state index contributed by atoms with van der Waals surface area (Å²) in [5, 5.41) is 17.7. The van der Waals surface area contributed by atoms with E-state index < -0.39 is 0 Å². The van der Waals surface area contributed by atoms with Gasteiger partial charge in [0, 0.05) is 5.56 Å². The molecule has 0 unspecified atom stereocenters. The van der Waals surface area contributed by atoms with Crippen LogP contribution in [-0.2, 0) is 0 Å². The van der Waals surface area contributed by atoms with Crippen molar-refractivity contribution in [3.05, 3.63) is 35.5 Å². The Kier molecular flexibility index (Phi) is 4.63. The number of nitrogens with one attached hydrogen (secondary N) is 2. The third-order valence-electron chi connectivity index (χ3n) is 2.11. The van der Waals surface area contributed by atoms with Crippen molar-refractivity contribution in [3.63, 3.8) is 0 Å². The second kappa shape index (κ2) is 5.99. The minimum Gasteiger partial charge on any atom is -0.494 e. The predicted octanol–water partition coefficient (Wildman–Crippen LogP) is 1.73. The molecule has 4 N–H and O–H groups in total. The quantitative estimate of drug-likeness (QED) is 0.573. The molecule has 0 aliphatic rings. The fraction of sp³-hybridized carbons (Fsp3) is 0.273. The summed E-state index contributed by atoms with van der Waals surface area (Å²) in [7, 11) is 0. The van der Waals surface area contributed by atoms with E-state index in [1.165, 1.54) is 0 Å². The van der Waals surface area contributed by atoms with E-state index in [1.807, 2.05) is 17.9 Å². The number of benzene rings is 1. The summed E-state index contributed by atoms with van der Waals surface area (Å²) >= 11 is 0. The Hall–Kier alpha value is -1.72. The highest BCUT2D eigenvalue weighted by atomic mass is 16.5. The van der Waals surface area contributed by atoms with Gasteiger partial charge in [0.25, 0.3) is 0 Å². The molecule has 0 amide bonds. The second-order valence-corrected chi connectivity index (χ2v) is 3.18. The van der Waals surface area contributed by atoms with Gasteiger partial charge in [0.15, 0.2) is 0 Å². The molecule has 0 heterocycles. The van der Waals surface area contributed by atoms with Gasteiger partial charge >= 0.3 is 0 Å². The molecule has 0 saturated heterocycles. The maximum Gasteiger partial charge on any atom is 0.119 e. The third kappa shape index (κ3) is 2.88. The van der Waals surface area contributed by atoms with Crippen LogP contribution in [-0.4, -0.2) is 17.0 Å². The van der Waals surface area contributed by atoms with Crippen LogP contribution in [0.5, 0.6) is 5.75 Å². The Bertz CT molecular complexity index is 360. The lowest BCUT2D eigenvalue weighted by atomic mass is 10.1. The minimum atomic E-state index is 0.408. The van der Waals surface area contributed by atoms with Crippen LogP contribution >= 0.6 is 0 Å². The summed E-state index contributed by atoms with van der Waals surface area (Å²) in [5.74, 6) is 0.762. The topological polar surface area (TPSA) is 73.8 Å². The van der Waals surface area contributed by atoms with Crippen molar-refractivity contribution < 1.29 is 15.2 Å². The van der Waals surface area contributed by atoms with Gasteiger partial charge in [-0.2, -0.15) is 0 Å². The van der Waals surface area contributed by atoms with Gasteiger partial charge in [-0.05, 0) is 38.1 Å². The number of hydrogen-bond donors (Lipinski definition) is 4. The van der Waals surface area contributed by atoms with Crippen molar-refractivity contribution in [2.24, 2.45) is 0 Å². The van der Waals surface area contributed by atoms with Crippen LogP contribution < -0.4 is 15.7 Å². The van der Waals surface area contributed by atoms with Gasteiger partial charge in [0.2, 0.25) is 0 Å². The molecular weight excluding hydrogens is 208 g/mol. The minimum absolute atomic E-state index is 0.408. The van der Waals surface area contributed by atoms with Crippen molar-refractivity contribution in [1.29, 1.82) is 0 Å². The molecule has 0 bridgehead atoms. The van der Waals surface area contributed by atoms with Crippen molar-refractivity contribution >= 4 is 5.70 Å². The highest BCUT2D eigenvalue weighted by molar-refractivity contribution is 5.65. The Morgan fingerprint density at radius 2 is 1.81 bits per heavy atom. The number of hydrogen-bond acceptors (Lipinski definition) is 5. The van der Waals surface area contributed by atoms with Crippen LogP contribution in [0.2, 0.25) is 0 Å². The third-order valence-corrected chi connectivity index (χ3v) is 2.11. The Morgan fingerprint density at radius 3 is 2.25 bits per heavy atom. The summed E-state index contributed by atoms with van der Waals surface area (Å²) < 4.78 is 5.30. The zero-order valence-electron chi connectivity index (χ0n) is 9.32. The van der Waals surface area contributed by atoms with E-state index in [-0.39, 0.29) is 0 Å². The predicted molar refractivity (Wildman–Crippen MR) is 60.0 cm³/mol. The lowest BCUT2D eigenvalue weighted by Crippen LogP contribution is -2.15. The van der Waals surface area contributed by atoms with Gasteiger partial charge in [-0.1, -0.05) is 0 Å². The highest BCUT2D eigenvalue weighted by Crippen LogP contribution is 2.18. The van der Waals surface area contributed by atoms with Gasteiger partial charge in [-0.15, -0.1) is 0 Å². The molecule has 0 aliphatic heterocycles. The molecule has 16 heavy (non-hydrogen) atoms. The molecule has 1 aromatic rings. The average Bonchev–Trinajstić information content (AvgIpc) is 2.32. The Labute approximate surface area is 94.3 Å². The molecule has 0 aromatic heterocycles. The van der Waals surface area contributed by atoms with Gasteiger partial charge in [-0.3, -0.25) is 21.4 Å². The van der Waals surface area contributed by atoms with E-state index in [4.69, 9.17) is 15.2 Å². The lowest BCUT2D eigenvalue weighted by molar-refractivity contribution is 0.191. The van der Waals surface area contributed by atoms with E-state index >= 15 is 0 Å². The monoisotopic (exact) mass is 224 g/mol. The number of rotatable bonds is 5. The normalized spacial score (nSPS) is 11.8. The molecule has 0 fully saturated rings. The Morgan fingerprint density at radius 1 is 1.19 bits per heavy atom. The summed E-state index contributed by atoms with van der Waals surface area (Å²) in [6.45, 7) is 4.15. The summed E-state index contributed by atoms with van der Waals surface area (Å²) in [6.07, 6.45) is 0. The first-order chi connectivity index (χ1) is 7.72. The van der Waals surface area contributed by atoms with Crippen molar-refractivity contribution in [3.8, 4) is 5.75 Å². The molecule has 1 rings (SSSR count). The molecule has 0 spiro atoms. The average molecular weight is 224 g/mol. The summed E-state index contributed by atoms with van der Waals surface area (Å²) in [5.41, 5.74) is 5.59. The Balaban J connectivity index is 2.95. The van der Waals surface area contributed by atoms with Crippen molar-refractivity contribution in [2.45, 2.75) is 13.8 Å². The van der Waals surface area contributed by atoms with Crippen LogP contribution in [0, 0.1) is 0 Å². The van der Waals surface area contributed by atoms with E-state index in [0.717, 1.165) is 11.3 Å². The first kappa shape index (κ1) is 12.4. The van der Waals surface area contributed by atoms with E-state index in [9.17, 15) is 0 Å². The highest BCUT2D eigenvalue weighted by Gasteiger charge is 2.04. The smallest absolute Gasteiger partial charge is 0.119 e. The van der Waals surface area contributed by atoms with Gasteiger partial charge in [-0.25, -0.2) is 0 Å². The molecule has 0 saturated carbocycles. The molecule has 1 aromatic carbocycles. The summed E-state index contributed by atoms with van der Waals surface area (Å²) in [6, 6.07) is 7.15.